The number of piperidine rings is 1. The second-order valence-corrected chi connectivity index (χ2v) is 8.43. The molecule has 1 fully saturated rings. The van der Waals surface area contributed by atoms with E-state index in [1.54, 1.807) is 13.2 Å². The van der Waals surface area contributed by atoms with Gasteiger partial charge in [-0.3, -0.25) is 0 Å². The first-order valence-corrected chi connectivity index (χ1v) is 10.9. The molecule has 2 aromatic rings. The fourth-order valence-electron chi connectivity index (χ4n) is 5.03. The highest BCUT2D eigenvalue weighted by Gasteiger charge is 2.51. The molecule has 158 valence electrons. The molecule has 1 spiro atoms. The van der Waals surface area contributed by atoms with Gasteiger partial charge >= 0.3 is 0 Å². The predicted molar refractivity (Wildman–Crippen MR) is 116 cm³/mol. The quantitative estimate of drug-likeness (QED) is 0.825. The molecule has 3 heterocycles. The van der Waals surface area contributed by atoms with E-state index in [1.807, 2.05) is 12.1 Å². The molecule has 1 atom stereocenters. The maximum absolute atomic E-state index is 9.98. The molecule has 0 saturated carbocycles. The molecule has 0 amide bonds. The third-order valence-corrected chi connectivity index (χ3v) is 6.60. The molecule has 6 nitrogen and oxygen atoms in total. The first kappa shape index (κ1) is 19.2. The van der Waals surface area contributed by atoms with Crippen molar-refractivity contribution in [1.29, 1.82) is 0 Å². The second kappa shape index (κ2) is 7.51. The summed E-state index contributed by atoms with van der Waals surface area (Å²) < 4.78 is 12.0. The maximum Gasteiger partial charge on any atom is 0.200 e. The number of fused-ring (bicyclic) bond motifs is 4. The molecule has 2 aromatic carbocycles. The number of likely N-dealkylation sites (tertiary alicyclic amines) is 1. The number of hydrogen-bond acceptors (Lipinski definition) is 6. The zero-order valence-corrected chi connectivity index (χ0v) is 17.7. The Hall–Kier alpha value is -2.73. The molecule has 6 heteroatoms. The monoisotopic (exact) mass is 407 g/mol. The van der Waals surface area contributed by atoms with Crippen LogP contribution in [0.2, 0.25) is 0 Å². The molecule has 1 saturated heterocycles. The summed E-state index contributed by atoms with van der Waals surface area (Å²) in [7, 11) is 1.57. The minimum Gasteiger partial charge on any atom is -0.504 e. The summed E-state index contributed by atoms with van der Waals surface area (Å²) in [5.41, 5.74) is 2.79. The largest absolute Gasteiger partial charge is 0.504 e. The Morgan fingerprint density at radius 1 is 1.20 bits per heavy atom. The molecule has 30 heavy (non-hydrogen) atoms. The number of para-hydroxylation sites is 1. The number of ether oxygens (including phenoxy) is 2. The van der Waals surface area contributed by atoms with E-state index in [4.69, 9.17) is 14.6 Å². The van der Waals surface area contributed by atoms with Gasteiger partial charge in [0.05, 0.1) is 18.9 Å². The average molecular weight is 408 g/mol. The fraction of sp³-hybridized carbons (Fsp3) is 0.458. The Labute approximate surface area is 177 Å². The number of methoxy groups -OCH3 is 1. The van der Waals surface area contributed by atoms with Crippen LogP contribution in [0, 0.1) is 0 Å². The number of hydrazone groups is 1. The Kier molecular flexibility index (Phi) is 4.82. The van der Waals surface area contributed by atoms with Crippen LogP contribution in [-0.2, 0) is 0 Å². The molecular weight excluding hydrogens is 378 g/mol. The van der Waals surface area contributed by atoms with Gasteiger partial charge in [0.1, 0.15) is 5.75 Å². The predicted octanol–water partition coefficient (Wildman–Crippen LogP) is 4.15. The topological polar surface area (TPSA) is 57.5 Å². The van der Waals surface area contributed by atoms with Crippen LogP contribution in [0.25, 0.3) is 0 Å². The third kappa shape index (κ3) is 3.10. The standard InChI is InChI=1S/C24H29N3O3/c1-3-12-26-13-10-24(11-14-26)27-20(18-6-4-5-7-22(18)30-24)16-19(25-27)17-8-9-21(28)23(15-17)29-2/h4-9,15,20,28H,3,10-14,16H2,1-2H3/t20-/m0/s1. The van der Waals surface area contributed by atoms with E-state index in [0.29, 0.717) is 5.75 Å². The summed E-state index contributed by atoms with van der Waals surface area (Å²) in [4.78, 5) is 2.52. The Morgan fingerprint density at radius 3 is 2.77 bits per heavy atom. The number of benzene rings is 2. The molecule has 0 aliphatic carbocycles. The van der Waals surface area contributed by atoms with E-state index < -0.39 is 5.72 Å². The molecule has 3 aliphatic heterocycles. The molecule has 0 aromatic heterocycles. The van der Waals surface area contributed by atoms with Crippen molar-refractivity contribution < 1.29 is 14.6 Å². The number of rotatable bonds is 4. The van der Waals surface area contributed by atoms with Crippen LogP contribution in [0.5, 0.6) is 17.2 Å². The first-order chi connectivity index (χ1) is 14.6. The number of aromatic hydroxyl groups is 1. The summed E-state index contributed by atoms with van der Waals surface area (Å²) in [5.74, 6) is 1.60. The van der Waals surface area contributed by atoms with Crippen LogP contribution in [0.1, 0.15) is 49.8 Å². The summed E-state index contributed by atoms with van der Waals surface area (Å²) in [6, 6.07) is 14.0. The third-order valence-electron chi connectivity index (χ3n) is 6.60. The number of nitrogens with zero attached hydrogens (tertiary/aromatic N) is 3. The van der Waals surface area contributed by atoms with Crippen molar-refractivity contribution in [2.45, 2.75) is 44.4 Å². The van der Waals surface area contributed by atoms with Gasteiger partial charge in [0.2, 0.25) is 5.72 Å². The van der Waals surface area contributed by atoms with Gasteiger partial charge in [-0.25, -0.2) is 5.01 Å². The molecule has 0 bridgehead atoms. The summed E-state index contributed by atoms with van der Waals surface area (Å²) in [5, 5.41) is 17.3. The summed E-state index contributed by atoms with van der Waals surface area (Å²) >= 11 is 0. The van der Waals surface area contributed by atoms with Crippen molar-refractivity contribution in [2.75, 3.05) is 26.7 Å². The SMILES string of the molecule is CCCN1CCC2(CC1)Oc1ccccc1[C@@H]1CC(c3ccc(O)c(OC)c3)=NN12. The van der Waals surface area contributed by atoms with E-state index >= 15 is 0 Å². The van der Waals surface area contributed by atoms with E-state index in [-0.39, 0.29) is 11.8 Å². The van der Waals surface area contributed by atoms with Crippen molar-refractivity contribution >= 4 is 5.71 Å². The lowest BCUT2D eigenvalue weighted by atomic mass is 9.90. The highest BCUT2D eigenvalue weighted by molar-refractivity contribution is 6.02. The number of phenolic OH excluding ortho intramolecular Hbond substituents is 1. The second-order valence-electron chi connectivity index (χ2n) is 8.43. The Morgan fingerprint density at radius 2 is 2.00 bits per heavy atom. The first-order valence-electron chi connectivity index (χ1n) is 10.9. The van der Waals surface area contributed by atoms with Gasteiger partial charge in [-0.15, -0.1) is 0 Å². The maximum atomic E-state index is 9.98. The van der Waals surface area contributed by atoms with E-state index in [9.17, 15) is 5.11 Å². The minimum atomic E-state index is -0.397. The van der Waals surface area contributed by atoms with Crippen molar-refractivity contribution in [2.24, 2.45) is 5.10 Å². The zero-order chi connectivity index (χ0) is 20.7. The number of hydrogen-bond donors (Lipinski definition) is 1. The smallest absolute Gasteiger partial charge is 0.200 e. The Balaban J connectivity index is 1.51. The van der Waals surface area contributed by atoms with Gasteiger partial charge in [0.15, 0.2) is 11.5 Å². The molecule has 0 unspecified atom stereocenters. The van der Waals surface area contributed by atoms with Crippen molar-refractivity contribution in [3.63, 3.8) is 0 Å². The normalized spacial score (nSPS) is 22.3. The highest BCUT2D eigenvalue weighted by atomic mass is 16.5. The average Bonchev–Trinajstić information content (AvgIpc) is 3.23. The Bertz CT molecular complexity index is 966. The molecule has 0 radical (unpaired) electrons. The summed E-state index contributed by atoms with van der Waals surface area (Å²) in [6.07, 6.45) is 3.86. The van der Waals surface area contributed by atoms with Crippen molar-refractivity contribution in [3.05, 3.63) is 53.6 Å². The fourth-order valence-corrected chi connectivity index (χ4v) is 5.03. The van der Waals surface area contributed by atoms with Gasteiger partial charge in [0, 0.05) is 43.5 Å². The molecule has 3 aliphatic rings. The van der Waals surface area contributed by atoms with Crippen LogP contribution in [0.4, 0.5) is 0 Å². The van der Waals surface area contributed by atoms with Crippen molar-refractivity contribution in [3.8, 4) is 17.2 Å². The molecule has 1 N–H and O–H groups in total. The zero-order valence-electron chi connectivity index (χ0n) is 17.7. The molecular formula is C24H29N3O3. The van der Waals surface area contributed by atoms with Crippen molar-refractivity contribution in [1.82, 2.24) is 9.91 Å². The highest BCUT2D eigenvalue weighted by Crippen LogP contribution is 2.50. The van der Waals surface area contributed by atoms with Crippen LogP contribution in [0.3, 0.4) is 0 Å². The van der Waals surface area contributed by atoms with E-state index in [1.165, 1.54) is 12.0 Å². The van der Waals surface area contributed by atoms with Gasteiger partial charge in [-0.1, -0.05) is 25.1 Å². The minimum absolute atomic E-state index is 0.144. The van der Waals surface area contributed by atoms with Gasteiger partial charge < -0.3 is 19.5 Å². The van der Waals surface area contributed by atoms with Crippen LogP contribution in [-0.4, -0.2) is 53.2 Å². The van der Waals surface area contributed by atoms with Crippen LogP contribution < -0.4 is 9.47 Å². The van der Waals surface area contributed by atoms with E-state index in [0.717, 1.165) is 55.9 Å². The lowest BCUT2D eigenvalue weighted by molar-refractivity contribution is -0.149. The summed E-state index contributed by atoms with van der Waals surface area (Å²) in [6.45, 7) is 5.42. The van der Waals surface area contributed by atoms with Gasteiger partial charge in [-0.05, 0) is 37.2 Å². The lowest BCUT2D eigenvalue weighted by Crippen LogP contribution is -2.59. The van der Waals surface area contributed by atoms with Crippen LogP contribution >= 0.6 is 0 Å². The van der Waals surface area contributed by atoms with Gasteiger partial charge in [0.25, 0.3) is 0 Å². The lowest BCUT2D eigenvalue weighted by Gasteiger charge is -2.51. The van der Waals surface area contributed by atoms with E-state index in [2.05, 4.69) is 41.1 Å². The van der Waals surface area contributed by atoms with Crippen LogP contribution in [0.15, 0.2) is 47.6 Å². The van der Waals surface area contributed by atoms with Gasteiger partial charge in [-0.2, -0.15) is 5.10 Å². The molecule has 5 rings (SSSR count). The number of phenols is 1.